The van der Waals surface area contributed by atoms with Gasteiger partial charge in [-0.1, -0.05) is 142 Å². The van der Waals surface area contributed by atoms with Crippen molar-refractivity contribution in [2.45, 2.75) is 322 Å². The van der Waals surface area contributed by atoms with E-state index in [4.69, 9.17) is 22.9 Å². The van der Waals surface area contributed by atoms with E-state index in [0.717, 1.165) is 45.1 Å². The molecule has 0 spiro atoms. The summed E-state index contributed by atoms with van der Waals surface area (Å²) in [5.41, 5.74) is 25.8. The zero-order valence-corrected chi connectivity index (χ0v) is 72.2. The van der Waals surface area contributed by atoms with E-state index < -0.39 is 113 Å². The molecule has 0 aromatic heterocycles. The lowest BCUT2D eigenvalue weighted by molar-refractivity contribution is -0.143. The molecule has 14 atom stereocenters. The molecule has 0 radical (unpaired) electrons. The monoisotopic (exact) mass is 1630 g/mol. The van der Waals surface area contributed by atoms with Crippen molar-refractivity contribution < 1.29 is 67.7 Å². The van der Waals surface area contributed by atoms with Crippen LogP contribution in [0.15, 0.2) is 60.7 Å². The van der Waals surface area contributed by atoms with Crippen molar-refractivity contribution in [1.29, 1.82) is 0 Å². The van der Waals surface area contributed by atoms with Crippen molar-refractivity contribution in [2.75, 3.05) is 39.3 Å². The van der Waals surface area contributed by atoms with Gasteiger partial charge in [-0.25, -0.2) is 0 Å². The predicted molar refractivity (Wildman–Crippen MR) is 457 cm³/mol. The van der Waals surface area contributed by atoms with E-state index in [1.807, 2.05) is 79.7 Å². The van der Waals surface area contributed by atoms with Crippen molar-refractivity contribution in [1.82, 2.24) is 47.0 Å². The Morgan fingerprint density at radius 2 is 1.01 bits per heavy atom. The number of Topliss-reactive ketones (excluding diaryl/α,β-unsaturated/α-hetero) is 4. The third-order valence-corrected chi connectivity index (χ3v) is 23.6. The topological polar surface area (TPSA) is 440 Å². The summed E-state index contributed by atoms with van der Waals surface area (Å²) in [5.74, 6) is -5.26. The quantitative estimate of drug-likeness (QED) is 0.0284. The van der Waals surface area contributed by atoms with Crippen molar-refractivity contribution in [2.24, 2.45) is 58.4 Å². The minimum atomic E-state index is -1.20. The van der Waals surface area contributed by atoms with Gasteiger partial charge in [-0.15, -0.1) is 0 Å². The Labute approximate surface area is 696 Å². The van der Waals surface area contributed by atoms with Crippen LogP contribution in [0.4, 0.5) is 0 Å². The van der Waals surface area contributed by atoms with Gasteiger partial charge in [0.1, 0.15) is 59.3 Å². The number of carbonyl (C=O) groups is 12. The molecule has 2 aromatic rings. The van der Waals surface area contributed by atoms with Gasteiger partial charge in [0.25, 0.3) is 0 Å². The lowest BCUT2D eigenvalue weighted by Crippen LogP contribution is -2.60. The number of amides is 8. The minimum Gasteiger partial charge on any atom is -0.508 e. The Bertz CT molecular complexity index is 3640. The van der Waals surface area contributed by atoms with Gasteiger partial charge in [0, 0.05) is 57.2 Å². The molecular weight excluding hydrogens is 1490 g/mol. The number of fused-ring (bicyclic) bond motifs is 6. The van der Waals surface area contributed by atoms with Crippen LogP contribution in [0.1, 0.15) is 259 Å². The number of unbranched alkanes of at least 4 members (excludes halogenated alkanes) is 2. The van der Waals surface area contributed by atoms with Crippen LogP contribution in [0.3, 0.4) is 0 Å². The summed E-state index contributed by atoms with van der Waals surface area (Å²) >= 11 is 0. The summed E-state index contributed by atoms with van der Waals surface area (Å²) < 4.78 is 0. The molecule has 4 heterocycles. The van der Waals surface area contributed by atoms with Gasteiger partial charge >= 0.3 is 0 Å². The van der Waals surface area contributed by atoms with Crippen LogP contribution in [-0.2, 0) is 83.2 Å². The highest BCUT2D eigenvalue weighted by atomic mass is 16.3. The summed E-state index contributed by atoms with van der Waals surface area (Å²) in [5, 5.41) is 42.4. The highest BCUT2D eigenvalue weighted by Crippen LogP contribution is 2.29. The van der Waals surface area contributed by atoms with E-state index in [0.29, 0.717) is 177 Å². The van der Waals surface area contributed by atoms with Crippen LogP contribution in [0.2, 0.25) is 0 Å². The third kappa shape index (κ3) is 33.1. The number of aromatic hydroxyl groups is 2. The zero-order chi connectivity index (χ0) is 86.5. The van der Waals surface area contributed by atoms with E-state index in [1.165, 1.54) is 23.6 Å². The largest absolute Gasteiger partial charge is 0.508 e. The van der Waals surface area contributed by atoms with E-state index in [2.05, 4.69) is 43.3 Å². The van der Waals surface area contributed by atoms with Crippen LogP contribution in [0.25, 0.3) is 0 Å². The van der Waals surface area contributed by atoms with E-state index in [-0.39, 0.29) is 89.9 Å². The molecule has 2 saturated heterocycles. The standard InChI is InChI=1S/C46H74N6O7.C44H71N7O7/c1-7-31(4)41(40(55)29-35(32(5)53)26-30(2)3)51-42(56)37-28-33-21-22-39(54)34(27-33)18-13-11-9-8-10-12-15-23-46(6,48)45(59)50-36(19-14-16-24-47)44(58)52-25-17-20-38(52)43(57)49-37;1-6-29(4)40(39(54)27-33(30(5)52)24-28(2)3)50-42(56)36-26-31-18-19-38(53)32(25-31)14-8-11-21-47-22-12-9-15-34(46)41(55)48-35(16-7-10-20-45)44(58)51-23-13-17-37(51)43(57)49-36/h11,13,21-22,27,30-31,35-38,41,54H,7-10,12,14-20,23-26,28-29,47-48H2,1-6H3,(H,49,57)(H,50,59)(H,51,56);8,11,18-19,25,28-29,33-37,40,47,53H,6-7,9-10,12-17,20-24,26-27,45-46H2,1-5H3,(H,48,55)(H,49,57)(H,50,56)/t31?,35-,36+,37+,38+,41+,46+;29?,33-,34-,35+,36+,37+,40+/m11/s1. The van der Waals surface area contributed by atoms with Gasteiger partial charge in [0.05, 0.1) is 23.7 Å². The van der Waals surface area contributed by atoms with E-state index in [1.54, 1.807) is 37.3 Å². The number of carbonyl (C=O) groups excluding carboxylic acids is 12. The molecule has 4 aliphatic rings. The van der Waals surface area contributed by atoms with Crippen LogP contribution < -0.4 is 60.2 Å². The molecule has 2 unspecified atom stereocenters. The van der Waals surface area contributed by atoms with Gasteiger partial charge in [-0.05, 0) is 220 Å². The number of phenolic OH excluding ortho intramolecular Hbond substituents is 2. The number of hydrogen-bond acceptors (Lipinski definition) is 19. The Balaban J connectivity index is 0.000000417. The first-order valence-corrected chi connectivity index (χ1v) is 43.7. The van der Waals surface area contributed by atoms with Gasteiger partial charge in [-0.2, -0.15) is 0 Å². The summed E-state index contributed by atoms with van der Waals surface area (Å²) in [6.45, 7) is 23.0. The van der Waals surface area contributed by atoms with Crippen LogP contribution >= 0.6 is 0 Å². The zero-order valence-electron chi connectivity index (χ0n) is 72.2. The summed E-state index contributed by atoms with van der Waals surface area (Å²) in [6.07, 6.45) is 23.0. The molecule has 654 valence electrons. The predicted octanol–water partition coefficient (Wildman–Crippen LogP) is 7.90. The lowest BCUT2D eigenvalue weighted by atomic mass is 9.85. The van der Waals surface area contributed by atoms with Gasteiger partial charge < -0.3 is 80.2 Å². The molecular formula is C90H145N13O14. The maximum Gasteiger partial charge on any atom is 0.245 e. The number of allylic oxidation sites excluding steroid dienone is 3. The molecule has 2 aromatic carbocycles. The Morgan fingerprint density at radius 1 is 0.556 bits per heavy atom. The number of nitrogens with two attached hydrogens (primary N) is 4. The maximum atomic E-state index is 14.4. The highest BCUT2D eigenvalue weighted by molar-refractivity contribution is 5.99. The normalized spacial score (nSPS) is 23.9. The van der Waals surface area contributed by atoms with E-state index in [9.17, 15) is 67.7 Å². The first-order valence-electron chi connectivity index (χ1n) is 43.7. The molecule has 2 fully saturated rings. The van der Waals surface area contributed by atoms with Crippen molar-refractivity contribution in [3.63, 3.8) is 0 Å². The first kappa shape index (κ1) is 99.3. The van der Waals surface area contributed by atoms with Crippen LogP contribution in [0, 0.1) is 35.5 Å². The second-order valence-electron chi connectivity index (χ2n) is 34.5. The number of rotatable bonds is 28. The Hall–Kier alpha value is -8.24. The number of nitrogens with zero attached hydrogens (tertiary/aromatic N) is 2. The summed E-state index contributed by atoms with van der Waals surface area (Å²) in [4.78, 5) is 169. The first-order chi connectivity index (χ1) is 55.6. The van der Waals surface area contributed by atoms with Crippen LogP contribution in [0.5, 0.6) is 11.5 Å². The number of ketones is 4. The second-order valence-corrected chi connectivity index (χ2v) is 34.5. The third-order valence-electron chi connectivity index (χ3n) is 23.6. The highest BCUT2D eigenvalue weighted by Gasteiger charge is 2.44. The molecule has 27 nitrogen and oxygen atoms in total. The van der Waals surface area contributed by atoms with Crippen molar-refractivity contribution >= 4 is 70.4 Å². The number of nitrogens with one attached hydrogen (secondary N) is 7. The van der Waals surface area contributed by atoms with Crippen molar-refractivity contribution in [3.05, 3.63) is 83.0 Å². The Morgan fingerprint density at radius 3 is 1.45 bits per heavy atom. The molecule has 0 aliphatic carbocycles. The second kappa shape index (κ2) is 51.3. The molecule has 8 amide bonds. The lowest BCUT2D eigenvalue weighted by Gasteiger charge is -2.32. The molecule has 27 heteroatoms. The molecule has 4 bridgehead atoms. The van der Waals surface area contributed by atoms with Crippen molar-refractivity contribution in [3.8, 4) is 11.5 Å². The minimum absolute atomic E-state index is 0.000103. The maximum absolute atomic E-state index is 14.4. The number of benzene rings is 2. The van der Waals surface area contributed by atoms with Crippen LogP contribution in [-0.4, -0.2) is 190 Å². The molecule has 117 heavy (non-hydrogen) atoms. The van der Waals surface area contributed by atoms with Gasteiger partial charge in [-0.3, -0.25) is 57.5 Å². The fourth-order valence-electron chi connectivity index (χ4n) is 15.9. The average Bonchev–Trinajstić information content (AvgIpc) is 1.74. The smallest absolute Gasteiger partial charge is 0.245 e. The average molecular weight is 1630 g/mol. The van der Waals surface area contributed by atoms with E-state index >= 15 is 0 Å². The number of hydrogen-bond donors (Lipinski definition) is 13. The fraction of sp³-hybridized carbons (Fsp3) is 0.689. The fourth-order valence-corrected chi connectivity index (χ4v) is 15.9. The Kier molecular flexibility index (Phi) is 43.5. The van der Waals surface area contributed by atoms with Gasteiger partial charge in [0.2, 0.25) is 47.3 Å². The van der Waals surface area contributed by atoms with Gasteiger partial charge in [0.15, 0.2) is 11.6 Å². The SMILES string of the molecule is CCC(C)[C@H](NC(=O)[C@@H]1Cc2ccc(O)c(c2)CC=CCCCCCC[C@](C)(N)C(=O)N[C@@H](CCCCN)C(=O)N2CCC[C@H]2C(=O)N1)C(=O)C[C@@H](CC(C)C)C(C)=O.CCC(C)[C@H](NC(=O)[C@@H]1Cc2ccc(O)c(c2)CC=CCNCCCC[C@@H](N)C(=O)N[C@@H](CCCCN)C(=O)N2CCC[C@H]2C(=O)N1)C(=O)C[C@@H](CC(C)C)C(C)=O. The summed E-state index contributed by atoms with van der Waals surface area (Å²) in [6, 6.07) is 1.67. The molecule has 0 saturated carbocycles. The summed E-state index contributed by atoms with van der Waals surface area (Å²) in [7, 11) is 0. The number of phenols is 2. The molecule has 17 N–H and O–H groups in total. The molecule has 4 aliphatic heterocycles. The molecule has 6 rings (SSSR count).